The van der Waals surface area contributed by atoms with Gasteiger partial charge >= 0.3 is 0 Å². The van der Waals surface area contributed by atoms with Crippen LogP contribution < -0.4 is 5.73 Å². The Kier molecular flexibility index (Phi) is 5.25. The predicted octanol–water partition coefficient (Wildman–Crippen LogP) is 2.41. The molecule has 0 bridgehead atoms. The number of oxime groups is 1. The average molecular weight is 241 g/mol. The number of amidine groups is 1. The third kappa shape index (κ3) is 4.19. The molecule has 0 heterocycles. The van der Waals surface area contributed by atoms with Crippen molar-refractivity contribution in [2.45, 2.75) is 58.4 Å². The van der Waals surface area contributed by atoms with Crippen molar-refractivity contribution in [3.8, 4) is 0 Å². The lowest BCUT2D eigenvalue weighted by Gasteiger charge is -2.33. The third-order valence-corrected chi connectivity index (χ3v) is 4.09. The number of nitrogens with two attached hydrogens (primary N) is 1. The van der Waals surface area contributed by atoms with Crippen LogP contribution in [-0.2, 0) is 0 Å². The van der Waals surface area contributed by atoms with Crippen molar-refractivity contribution in [1.29, 1.82) is 0 Å². The maximum Gasteiger partial charge on any atom is 0.144 e. The first-order chi connectivity index (χ1) is 7.97. The average Bonchev–Trinajstić information content (AvgIpc) is 2.36. The molecule has 3 N–H and O–H groups in total. The third-order valence-electron chi connectivity index (χ3n) is 4.09. The molecule has 4 heteroatoms. The van der Waals surface area contributed by atoms with Crippen molar-refractivity contribution in [3.05, 3.63) is 0 Å². The van der Waals surface area contributed by atoms with Gasteiger partial charge in [0.05, 0.1) is 0 Å². The van der Waals surface area contributed by atoms with Crippen LogP contribution in [0.2, 0.25) is 0 Å². The van der Waals surface area contributed by atoms with Gasteiger partial charge in [-0.3, -0.25) is 0 Å². The first-order valence-electron chi connectivity index (χ1n) is 6.65. The van der Waals surface area contributed by atoms with E-state index in [1.807, 2.05) is 13.8 Å². The fourth-order valence-corrected chi connectivity index (χ4v) is 2.42. The van der Waals surface area contributed by atoms with E-state index in [-0.39, 0.29) is 5.41 Å². The van der Waals surface area contributed by atoms with E-state index in [4.69, 9.17) is 10.9 Å². The first kappa shape index (κ1) is 14.3. The molecule has 0 spiro atoms. The molecule has 1 saturated carbocycles. The molecule has 0 saturated heterocycles. The van der Waals surface area contributed by atoms with E-state index < -0.39 is 0 Å². The summed E-state index contributed by atoms with van der Waals surface area (Å²) in [7, 11) is 2.19. The Morgan fingerprint density at radius 1 is 1.35 bits per heavy atom. The zero-order chi connectivity index (χ0) is 12.9. The Morgan fingerprint density at radius 2 is 1.94 bits per heavy atom. The van der Waals surface area contributed by atoms with E-state index in [0.29, 0.717) is 5.84 Å². The fourth-order valence-electron chi connectivity index (χ4n) is 2.42. The quantitative estimate of drug-likeness (QED) is 0.336. The molecule has 17 heavy (non-hydrogen) atoms. The van der Waals surface area contributed by atoms with Crippen LogP contribution in [-0.4, -0.2) is 35.6 Å². The van der Waals surface area contributed by atoms with Crippen LogP contribution >= 0.6 is 0 Å². The molecule has 0 radical (unpaired) electrons. The summed E-state index contributed by atoms with van der Waals surface area (Å²) in [5.41, 5.74) is 5.47. The highest BCUT2D eigenvalue weighted by Gasteiger charge is 2.25. The summed E-state index contributed by atoms with van der Waals surface area (Å²) < 4.78 is 0. The minimum Gasteiger partial charge on any atom is -0.409 e. The zero-order valence-corrected chi connectivity index (χ0v) is 11.4. The highest BCUT2D eigenvalue weighted by atomic mass is 16.4. The minimum absolute atomic E-state index is 0.225. The second-order valence-electron chi connectivity index (χ2n) is 5.89. The van der Waals surface area contributed by atoms with Crippen LogP contribution in [0.5, 0.6) is 0 Å². The predicted molar refractivity (Wildman–Crippen MR) is 71.3 cm³/mol. The van der Waals surface area contributed by atoms with E-state index in [1.165, 1.54) is 32.1 Å². The molecule has 0 unspecified atom stereocenters. The van der Waals surface area contributed by atoms with Gasteiger partial charge in [0.15, 0.2) is 0 Å². The molecule has 0 amide bonds. The second kappa shape index (κ2) is 6.24. The van der Waals surface area contributed by atoms with Gasteiger partial charge in [-0.25, -0.2) is 0 Å². The number of nitrogens with zero attached hydrogens (tertiary/aromatic N) is 2. The molecule has 100 valence electrons. The van der Waals surface area contributed by atoms with Crippen LogP contribution in [0.25, 0.3) is 0 Å². The summed E-state index contributed by atoms with van der Waals surface area (Å²) in [5, 5.41) is 11.9. The Balaban J connectivity index is 2.38. The van der Waals surface area contributed by atoms with E-state index in [9.17, 15) is 0 Å². The lowest BCUT2D eigenvalue weighted by Crippen LogP contribution is -2.39. The Morgan fingerprint density at radius 3 is 2.47 bits per heavy atom. The summed E-state index contributed by atoms with van der Waals surface area (Å²) in [4.78, 5) is 2.44. The van der Waals surface area contributed by atoms with E-state index in [1.54, 1.807) is 0 Å². The van der Waals surface area contributed by atoms with Crippen molar-refractivity contribution >= 4 is 5.84 Å². The number of hydrogen-bond acceptors (Lipinski definition) is 3. The molecule has 0 aromatic rings. The molecule has 4 nitrogen and oxygen atoms in total. The highest BCUT2D eigenvalue weighted by molar-refractivity contribution is 5.85. The fraction of sp³-hybridized carbons (Fsp3) is 0.923. The van der Waals surface area contributed by atoms with Crippen molar-refractivity contribution in [2.75, 3.05) is 13.6 Å². The normalized spacial score (nSPS) is 19.9. The summed E-state index contributed by atoms with van der Waals surface area (Å²) >= 11 is 0. The molecule has 1 fully saturated rings. The lowest BCUT2D eigenvalue weighted by molar-refractivity contribution is 0.176. The molecule has 0 aliphatic heterocycles. The van der Waals surface area contributed by atoms with Crippen LogP contribution in [0.1, 0.15) is 52.4 Å². The maximum absolute atomic E-state index is 8.73. The Hall–Kier alpha value is -0.770. The molecule has 1 rings (SSSR count). The molecule has 1 aliphatic carbocycles. The van der Waals surface area contributed by atoms with Crippen LogP contribution in [0, 0.1) is 5.41 Å². The lowest BCUT2D eigenvalue weighted by atomic mass is 9.87. The van der Waals surface area contributed by atoms with Crippen molar-refractivity contribution in [3.63, 3.8) is 0 Å². The summed E-state index contributed by atoms with van der Waals surface area (Å²) in [6, 6.07) is 0.729. The topological polar surface area (TPSA) is 61.8 Å². The van der Waals surface area contributed by atoms with Crippen LogP contribution in [0.4, 0.5) is 0 Å². The number of rotatable bonds is 5. The Labute approximate surface area is 105 Å². The smallest absolute Gasteiger partial charge is 0.144 e. The molecular formula is C13H27N3O. The van der Waals surface area contributed by atoms with Crippen molar-refractivity contribution in [2.24, 2.45) is 16.3 Å². The van der Waals surface area contributed by atoms with E-state index in [0.717, 1.165) is 19.0 Å². The first-order valence-corrected chi connectivity index (χ1v) is 6.65. The molecular weight excluding hydrogens is 214 g/mol. The van der Waals surface area contributed by atoms with Gasteiger partial charge in [-0.15, -0.1) is 0 Å². The monoisotopic (exact) mass is 241 g/mol. The zero-order valence-electron chi connectivity index (χ0n) is 11.4. The van der Waals surface area contributed by atoms with Crippen molar-refractivity contribution in [1.82, 2.24) is 4.90 Å². The molecule has 1 aliphatic rings. The largest absolute Gasteiger partial charge is 0.409 e. The SMILES string of the molecule is CN(CCC(C)(C)C(N)=NO)C1CCCCC1. The van der Waals surface area contributed by atoms with E-state index >= 15 is 0 Å². The summed E-state index contributed by atoms with van der Waals surface area (Å²) in [6.07, 6.45) is 7.67. The van der Waals surface area contributed by atoms with E-state index in [2.05, 4.69) is 17.1 Å². The maximum atomic E-state index is 8.73. The van der Waals surface area contributed by atoms with Crippen LogP contribution in [0.3, 0.4) is 0 Å². The second-order valence-corrected chi connectivity index (χ2v) is 5.89. The van der Waals surface area contributed by atoms with Crippen LogP contribution in [0.15, 0.2) is 5.16 Å². The standard InChI is InChI=1S/C13H27N3O/c1-13(2,12(14)15-17)9-10-16(3)11-7-5-4-6-8-11/h11,17H,4-10H2,1-3H3,(H2,14,15). The summed E-state index contributed by atoms with van der Waals surface area (Å²) in [5.74, 6) is 0.328. The van der Waals surface area contributed by atoms with Gasteiger partial charge in [-0.1, -0.05) is 38.3 Å². The van der Waals surface area contributed by atoms with Gasteiger partial charge in [0.25, 0.3) is 0 Å². The van der Waals surface area contributed by atoms with Gasteiger partial charge < -0.3 is 15.8 Å². The molecule has 0 aromatic heterocycles. The number of hydrogen-bond donors (Lipinski definition) is 2. The Bertz CT molecular complexity index is 257. The molecule has 0 atom stereocenters. The van der Waals surface area contributed by atoms with Gasteiger partial charge in [0, 0.05) is 11.5 Å². The van der Waals surface area contributed by atoms with Gasteiger partial charge in [-0.2, -0.15) is 0 Å². The van der Waals surface area contributed by atoms with Crippen molar-refractivity contribution < 1.29 is 5.21 Å². The van der Waals surface area contributed by atoms with Gasteiger partial charge in [-0.05, 0) is 32.9 Å². The molecule has 0 aromatic carbocycles. The highest BCUT2D eigenvalue weighted by Crippen LogP contribution is 2.25. The van der Waals surface area contributed by atoms with Gasteiger partial charge in [0.2, 0.25) is 0 Å². The summed E-state index contributed by atoms with van der Waals surface area (Å²) in [6.45, 7) is 5.06. The minimum atomic E-state index is -0.225. The van der Waals surface area contributed by atoms with Gasteiger partial charge in [0.1, 0.15) is 5.84 Å².